The van der Waals surface area contributed by atoms with Crippen LogP contribution in [-0.2, 0) is 4.74 Å². The minimum atomic E-state index is -0.485. The van der Waals surface area contributed by atoms with E-state index in [9.17, 15) is 9.59 Å². The van der Waals surface area contributed by atoms with Crippen LogP contribution in [-0.4, -0.2) is 44.1 Å². The number of carbonyl (C=O) groups excluding carboxylic acids is 2. The first-order valence-corrected chi connectivity index (χ1v) is 9.74. The van der Waals surface area contributed by atoms with E-state index >= 15 is 0 Å². The van der Waals surface area contributed by atoms with Gasteiger partial charge in [0.15, 0.2) is 11.6 Å². The molecule has 0 bridgehead atoms. The highest BCUT2D eigenvalue weighted by Crippen LogP contribution is 2.46. The zero-order chi connectivity index (χ0) is 21.6. The Labute approximate surface area is 172 Å². The van der Waals surface area contributed by atoms with Gasteiger partial charge in [-0.1, -0.05) is 19.9 Å². The van der Waals surface area contributed by atoms with Crippen molar-refractivity contribution in [1.29, 1.82) is 0 Å². The van der Waals surface area contributed by atoms with Crippen molar-refractivity contribution in [2.24, 2.45) is 5.41 Å². The molecule has 0 aliphatic heterocycles. The molecule has 29 heavy (non-hydrogen) atoms. The van der Waals surface area contributed by atoms with Crippen LogP contribution in [0.2, 0.25) is 0 Å². The maximum absolute atomic E-state index is 12.6. The molecule has 6 nitrogen and oxygen atoms in total. The van der Waals surface area contributed by atoms with Gasteiger partial charge < -0.3 is 19.3 Å². The highest BCUT2D eigenvalue weighted by molar-refractivity contribution is 6.24. The number of aliphatic hydroxyl groups excluding tert-OH is 1. The fourth-order valence-corrected chi connectivity index (χ4v) is 3.44. The van der Waals surface area contributed by atoms with Crippen molar-refractivity contribution >= 4 is 11.6 Å². The van der Waals surface area contributed by atoms with Crippen molar-refractivity contribution in [3.63, 3.8) is 0 Å². The van der Waals surface area contributed by atoms with Gasteiger partial charge in [0.05, 0.1) is 31.5 Å². The third kappa shape index (κ3) is 4.77. The van der Waals surface area contributed by atoms with Gasteiger partial charge in [0, 0.05) is 24.2 Å². The molecule has 158 valence electrons. The first-order chi connectivity index (χ1) is 13.8. The Hall–Kier alpha value is -2.44. The maximum Gasteiger partial charge on any atom is 0.190 e. The number of ether oxygens (including phenoxy) is 3. The van der Waals surface area contributed by atoms with Gasteiger partial charge in [0.2, 0.25) is 0 Å². The Morgan fingerprint density at radius 2 is 1.72 bits per heavy atom. The standard InChI is InChI=1S/C23H30O6/c1-6-23(2,3)22(29-13-9-7-8-12-24)15-14-18(27-4)19-16(25)10-11-17(26)20(19)21(15)28-5/h6,10-11,14,22,24H,1,7-9,12-13H2,2-5H3. The number of rotatable bonds is 11. The number of unbranched alkanes of at least 4 members (excludes halogenated alkanes) is 2. The number of hydrogen-bond acceptors (Lipinski definition) is 6. The van der Waals surface area contributed by atoms with E-state index in [1.165, 1.54) is 26.4 Å². The molecule has 1 aliphatic rings. The molecule has 2 rings (SSSR count). The van der Waals surface area contributed by atoms with Crippen molar-refractivity contribution < 1.29 is 28.9 Å². The molecule has 1 aromatic rings. The third-order valence-corrected chi connectivity index (χ3v) is 5.15. The molecule has 0 heterocycles. The van der Waals surface area contributed by atoms with Gasteiger partial charge in [0.1, 0.15) is 11.5 Å². The molecule has 0 spiro atoms. The number of aliphatic hydroxyl groups is 1. The average Bonchev–Trinajstić information content (AvgIpc) is 2.71. The Kier molecular flexibility index (Phi) is 7.76. The lowest BCUT2D eigenvalue weighted by atomic mass is 9.80. The molecule has 0 fully saturated rings. The first-order valence-electron chi connectivity index (χ1n) is 9.74. The number of carbonyl (C=O) groups is 2. The highest BCUT2D eigenvalue weighted by atomic mass is 16.5. The summed E-state index contributed by atoms with van der Waals surface area (Å²) >= 11 is 0. The lowest BCUT2D eigenvalue weighted by Crippen LogP contribution is -2.25. The molecular formula is C23H30O6. The first kappa shape index (κ1) is 22.8. The monoisotopic (exact) mass is 402 g/mol. The van der Waals surface area contributed by atoms with Crippen LogP contribution in [0.15, 0.2) is 30.9 Å². The highest BCUT2D eigenvalue weighted by Gasteiger charge is 2.37. The molecule has 6 heteroatoms. The van der Waals surface area contributed by atoms with E-state index in [1.807, 2.05) is 13.8 Å². The smallest absolute Gasteiger partial charge is 0.190 e. The quantitative estimate of drug-likeness (QED) is 0.444. The number of hydrogen-bond donors (Lipinski definition) is 1. The van der Waals surface area contributed by atoms with Gasteiger partial charge >= 0.3 is 0 Å². The van der Waals surface area contributed by atoms with E-state index < -0.39 is 11.5 Å². The van der Waals surface area contributed by atoms with Crippen molar-refractivity contribution in [2.75, 3.05) is 27.4 Å². The minimum absolute atomic E-state index is 0.154. The second kappa shape index (κ2) is 9.85. The Balaban J connectivity index is 2.58. The summed E-state index contributed by atoms with van der Waals surface area (Å²) in [6.45, 7) is 8.52. The summed E-state index contributed by atoms with van der Waals surface area (Å²) in [4.78, 5) is 25.1. The predicted octanol–water partition coefficient (Wildman–Crippen LogP) is 4.07. The summed E-state index contributed by atoms with van der Waals surface area (Å²) in [5, 5.41) is 8.96. The van der Waals surface area contributed by atoms with Crippen LogP contribution >= 0.6 is 0 Å². The van der Waals surface area contributed by atoms with E-state index in [-0.39, 0.29) is 29.3 Å². The molecule has 0 radical (unpaired) electrons. The second-order valence-corrected chi connectivity index (χ2v) is 7.57. The summed E-state index contributed by atoms with van der Waals surface area (Å²) < 4.78 is 17.3. The van der Waals surface area contributed by atoms with Crippen LogP contribution in [0, 0.1) is 5.41 Å². The summed E-state index contributed by atoms with van der Waals surface area (Å²) in [6, 6.07) is 1.71. The molecule has 1 atom stereocenters. The van der Waals surface area contributed by atoms with E-state index in [1.54, 1.807) is 12.1 Å². The summed E-state index contributed by atoms with van der Waals surface area (Å²) in [5.41, 5.74) is 0.551. The van der Waals surface area contributed by atoms with Crippen molar-refractivity contribution in [1.82, 2.24) is 0 Å². The molecule has 1 unspecified atom stereocenters. The molecule has 1 N–H and O–H groups in total. The van der Waals surface area contributed by atoms with Gasteiger partial charge in [-0.15, -0.1) is 6.58 Å². The maximum atomic E-state index is 12.6. The summed E-state index contributed by atoms with van der Waals surface area (Å²) in [7, 11) is 2.94. The number of benzene rings is 1. The lowest BCUT2D eigenvalue weighted by Gasteiger charge is -2.34. The summed E-state index contributed by atoms with van der Waals surface area (Å²) in [6.07, 6.45) is 6.17. The van der Waals surface area contributed by atoms with Gasteiger partial charge in [0.25, 0.3) is 0 Å². The van der Waals surface area contributed by atoms with Gasteiger partial charge in [-0.3, -0.25) is 9.59 Å². The molecule has 0 saturated heterocycles. The number of allylic oxidation sites excluding steroid dienone is 2. The van der Waals surface area contributed by atoms with Crippen LogP contribution in [0.3, 0.4) is 0 Å². The van der Waals surface area contributed by atoms with E-state index in [2.05, 4.69) is 6.58 Å². The van der Waals surface area contributed by atoms with Gasteiger partial charge in [-0.05, 0) is 37.5 Å². The number of fused-ring (bicyclic) bond motifs is 1. The van der Waals surface area contributed by atoms with Crippen molar-refractivity contribution in [3.05, 3.63) is 47.6 Å². The van der Waals surface area contributed by atoms with E-state index in [0.29, 0.717) is 23.7 Å². The Morgan fingerprint density at radius 3 is 2.28 bits per heavy atom. The Morgan fingerprint density at radius 1 is 1.07 bits per heavy atom. The van der Waals surface area contributed by atoms with Crippen molar-refractivity contribution in [2.45, 2.75) is 39.2 Å². The Bertz CT molecular complexity index is 806. The normalized spacial score (nSPS) is 14.5. The third-order valence-electron chi connectivity index (χ3n) is 5.15. The second-order valence-electron chi connectivity index (χ2n) is 7.57. The minimum Gasteiger partial charge on any atom is -0.496 e. The van der Waals surface area contributed by atoms with Crippen molar-refractivity contribution in [3.8, 4) is 11.5 Å². The van der Waals surface area contributed by atoms with Gasteiger partial charge in [-0.25, -0.2) is 0 Å². The molecular weight excluding hydrogens is 372 g/mol. The lowest BCUT2D eigenvalue weighted by molar-refractivity contribution is -0.0109. The van der Waals surface area contributed by atoms with Crippen LogP contribution in [0.5, 0.6) is 11.5 Å². The average molecular weight is 402 g/mol. The predicted molar refractivity (Wildman–Crippen MR) is 111 cm³/mol. The fraction of sp³-hybridized carbons (Fsp3) is 0.478. The fourth-order valence-electron chi connectivity index (χ4n) is 3.44. The SMILES string of the molecule is C=CC(C)(C)C(OCCCCCO)c1cc(OC)c2c(c1OC)C(=O)C=CC2=O. The van der Waals surface area contributed by atoms with Crippen LogP contribution in [0.25, 0.3) is 0 Å². The number of ketones is 2. The molecule has 0 aromatic heterocycles. The van der Waals surface area contributed by atoms with Crippen LogP contribution < -0.4 is 9.47 Å². The largest absolute Gasteiger partial charge is 0.496 e. The van der Waals surface area contributed by atoms with E-state index in [0.717, 1.165) is 19.3 Å². The van der Waals surface area contributed by atoms with Crippen LogP contribution in [0.4, 0.5) is 0 Å². The van der Waals surface area contributed by atoms with Crippen LogP contribution in [0.1, 0.15) is 65.5 Å². The zero-order valence-corrected chi connectivity index (χ0v) is 17.6. The van der Waals surface area contributed by atoms with E-state index in [4.69, 9.17) is 19.3 Å². The molecule has 1 aromatic carbocycles. The summed E-state index contributed by atoms with van der Waals surface area (Å²) in [5.74, 6) is 0.0199. The molecule has 0 amide bonds. The van der Waals surface area contributed by atoms with Gasteiger partial charge in [-0.2, -0.15) is 0 Å². The molecule has 1 aliphatic carbocycles. The topological polar surface area (TPSA) is 82.1 Å². The molecule has 0 saturated carbocycles. The number of methoxy groups -OCH3 is 2. The zero-order valence-electron chi connectivity index (χ0n) is 17.6.